The fraction of sp³-hybridized carbons (Fsp3) is 0.500. The molecule has 0 atom stereocenters. The monoisotopic (exact) mass is 314 g/mol. The molecule has 38 valence electrons. The number of carboxylic acids is 1. The summed E-state index contributed by atoms with van der Waals surface area (Å²) in [5, 5.41) is 7.71. The number of halogens is 2. The van der Waals surface area contributed by atoms with Gasteiger partial charge in [0.25, 0.3) is 0 Å². The van der Waals surface area contributed by atoms with Crippen molar-refractivity contribution in [1.29, 1.82) is 0 Å². The number of rotatable bonds is 1. The first kappa shape index (κ1) is 10.0. The molecule has 0 saturated heterocycles. The van der Waals surface area contributed by atoms with Crippen LogP contribution in [0.3, 0.4) is 0 Å². The lowest BCUT2D eigenvalue weighted by Gasteiger charge is -1.70. The first-order valence-corrected chi connectivity index (χ1v) is 2.57. The van der Waals surface area contributed by atoms with Gasteiger partial charge in [-0.15, -0.1) is 24.0 Å². The standard InChI is InChI=1S/C2H3IO2.HI/c3-1-2(4)5;/h1H2,(H,4,5);1H. The average molecular weight is 314 g/mol. The van der Waals surface area contributed by atoms with E-state index in [2.05, 4.69) is 0 Å². The molecule has 4 heteroatoms. The molecular weight excluding hydrogens is 310 g/mol. The van der Waals surface area contributed by atoms with Crippen LogP contribution >= 0.6 is 46.6 Å². The van der Waals surface area contributed by atoms with Gasteiger partial charge in [0, 0.05) is 0 Å². The van der Waals surface area contributed by atoms with Crippen molar-refractivity contribution in [2.45, 2.75) is 0 Å². The molecule has 0 spiro atoms. The Labute approximate surface area is 66.5 Å². The first-order valence-electron chi connectivity index (χ1n) is 1.05. The third-order valence-electron chi connectivity index (χ3n) is 0.114. The van der Waals surface area contributed by atoms with Crippen molar-refractivity contribution in [1.82, 2.24) is 0 Å². The SMILES string of the molecule is I.O=C(O)CI. The summed E-state index contributed by atoms with van der Waals surface area (Å²) in [7, 11) is 0. The van der Waals surface area contributed by atoms with Crippen LogP contribution in [-0.2, 0) is 4.79 Å². The summed E-state index contributed by atoms with van der Waals surface area (Å²) in [5.74, 6) is -0.759. The van der Waals surface area contributed by atoms with E-state index in [-0.39, 0.29) is 28.4 Å². The maximum atomic E-state index is 9.36. The minimum absolute atomic E-state index is 0. The fourth-order valence-corrected chi connectivity index (χ4v) is 0. The van der Waals surface area contributed by atoms with E-state index >= 15 is 0 Å². The Kier molecular flexibility index (Phi) is 9.91. The van der Waals surface area contributed by atoms with Crippen molar-refractivity contribution in [3.8, 4) is 0 Å². The second-order valence-corrected chi connectivity index (χ2v) is 1.29. The minimum Gasteiger partial charge on any atom is -0.481 e. The van der Waals surface area contributed by atoms with Crippen molar-refractivity contribution >= 4 is 52.5 Å². The summed E-state index contributed by atoms with van der Waals surface area (Å²) >= 11 is 1.78. The minimum atomic E-state index is -0.759. The molecule has 0 aromatic rings. The summed E-state index contributed by atoms with van der Waals surface area (Å²) in [6.45, 7) is 0. The smallest absolute Gasteiger partial charge is 0.313 e. The van der Waals surface area contributed by atoms with E-state index in [0.29, 0.717) is 0 Å². The van der Waals surface area contributed by atoms with E-state index < -0.39 is 5.97 Å². The number of alkyl halides is 1. The molecule has 0 bridgehead atoms. The van der Waals surface area contributed by atoms with Gasteiger partial charge in [0.1, 0.15) is 0 Å². The fourth-order valence-electron chi connectivity index (χ4n) is 0. The number of carboxylic acid groups (broad SMARTS) is 1. The number of carbonyl (C=O) groups is 1. The molecule has 0 unspecified atom stereocenters. The molecule has 0 aliphatic carbocycles. The van der Waals surface area contributed by atoms with E-state index in [4.69, 9.17) is 5.11 Å². The Morgan fingerprint density at radius 3 is 2.00 bits per heavy atom. The van der Waals surface area contributed by atoms with Crippen LogP contribution in [0.5, 0.6) is 0 Å². The van der Waals surface area contributed by atoms with Crippen LogP contribution in [0, 0.1) is 0 Å². The quantitative estimate of drug-likeness (QED) is 0.582. The highest BCUT2D eigenvalue weighted by Crippen LogP contribution is 1.75. The molecule has 0 rings (SSSR count). The molecule has 0 aromatic carbocycles. The Bertz CT molecular complexity index is 44.8. The van der Waals surface area contributed by atoms with Gasteiger partial charge < -0.3 is 5.11 Å². The van der Waals surface area contributed by atoms with Crippen molar-refractivity contribution in [3.63, 3.8) is 0 Å². The molecule has 0 radical (unpaired) electrons. The zero-order chi connectivity index (χ0) is 4.28. The van der Waals surface area contributed by atoms with Crippen molar-refractivity contribution in [2.24, 2.45) is 0 Å². The van der Waals surface area contributed by atoms with Gasteiger partial charge in [0.15, 0.2) is 0 Å². The largest absolute Gasteiger partial charge is 0.481 e. The summed E-state index contributed by atoms with van der Waals surface area (Å²) in [5.41, 5.74) is 0. The Hall–Kier alpha value is 0.930. The molecule has 1 N–H and O–H groups in total. The molecule has 6 heavy (non-hydrogen) atoms. The molecule has 2 nitrogen and oxygen atoms in total. The van der Waals surface area contributed by atoms with E-state index in [1.165, 1.54) is 0 Å². The predicted molar refractivity (Wildman–Crippen MR) is 41.9 cm³/mol. The first-order chi connectivity index (χ1) is 2.27. The van der Waals surface area contributed by atoms with Gasteiger partial charge in [-0.1, -0.05) is 22.6 Å². The maximum absolute atomic E-state index is 9.36. The van der Waals surface area contributed by atoms with Crippen LogP contribution in [-0.4, -0.2) is 15.5 Å². The normalized spacial score (nSPS) is 6.17. The Morgan fingerprint density at radius 1 is 1.83 bits per heavy atom. The molecule has 0 fully saturated rings. The van der Waals surface area contributed by atoms with Crippen LogP contribution in [0.1, 0.15) is 0 Å². The van der Waals surface area contributed by atoms with Gasteiger partial charge in [0.05, 0.1) is 4.43 Å². The number of aliphatic carboxylic acids is 1. The second kappa shape index (κ2) is 5.93. The van der Waals surface area contributed by atoms with Gasteiger partial charge in [-0.05, 0) is 0 Å². The van der Waals surface area contributed by atoms with Gasteiger partial charge in [-0.25, -0.2) is 0 Å². The van der Waals surface area contributed by atoms with Crippen molar-refractivity contribution < 1.29 is 9.90 Å². The van der Waals surface area contributed by atoms with Crippen molar-refractivity contribution in [3.05, 3.63) is 0 Å². The van der Waals surface area contributed by atoms with Crippen LogP contribution in [0.4, 0.5) is 0 Å². The van der Waals surface area contributed by atoms with E-state index in [1.54, 1.807) is 22.6 Å². The third kappa shape index (κ3) is 8.87. The summed E-state index contributed by atoms with van der Waals surface area (Å²) in [6, 6.07) is 0. The lowest BCUT2D eigenvalue weighted by Crippen LogP contribution is -1.91. The number of hydrogen-bond donors (Lipinski definition) is 1. The zero-order valence-corrected chi connectivity index (χ0v) is 7.34. The van der Waals surface area contributed by atoms with Crippen LogP contribution in [0.25, 0.3) is 0 Å². The van der Waals surface area contributed by atoms with E-state index in [9.17, 15) is 4.79 Å². The lowest BCUT2D eigenvalue weighted by atomic mass is 10.9. The van der Waals surface area contributed by atoms with Crippen LogP contribution in [0.15, 0.2) is 0 Å². The summed E-state index contributed by atoms with van der Waals surface area (Å²) in [4.78, 5) is 9.36. The van der Waals surface area contributed by atoms with Gasteiger partial charge in [0.2, 0.25) is 0 Å². The van der Waals surface area contributed by atoms with Gasteiger partial charge in [-0.3, -0.25) is 4.79 Å². The maximum Gasteiger partial charge on any atom is 0.313 e. The zero-order valence-electron chi connectivity index (χ0n) is 2.85. The molecule has 0 aromatic heterocycles. The summed E-state index contributed by atoms with van der Waals surface area (Å²) in [6.07, 6.45) is 0. The molecule has 0 aliphatic heterocycles. The molecule has 0 aliphatic rings. The molecule has 0 heterocycles. The highest BCUT2D eigenvalue weighted by molar-refractivity contribution is 14.1. The third-order valence-corrected chi connectivity index (χ3v) is 0.767. The van der Waals surface area contributed by atoms with E-state index in [1.807, 2.05) is 0 Å². The van der Waals surface area contributed by atoms with Crippen LogP contribution in [0.2, 0.25) is 0 Å². The topological polar surface area (TPSA) is 37.3 Å². The second-order valence-electron chi connectivity index (χ2n) is 0.527. The Balaban J connectivity index is 0. The molecular formula is C2H4I2O2. The number of hydrogen-bond acceptors (Lipinski definition) is 1. The van der Waals surface area contributed by atoms with Gasteiger partial charge >= 0.3 is 5.97 Å². The Morgan fingerprint density at radius 2 is 2.00 bits per heavy atom. The predicted octanol–water partition coefficient (Wildman–Crippen LogP) is 1.12. The van der Waals surface area contributed by atoms with Gasteiger partial charge in [-0.2, -0.15) is 0 Å². The highest BCUT2D eigenvalue weighted by atomic mass is 127. The summed E-state index contributed by atoms with van der Waals surface area (Å²) < 4.78 is 0.192. The highest BCUT2D eigenvalue weighted by Gasteiger charge is 1.82. The van der Waals surface area contributed by atoms with Crippen molar-refractivity contribution in [2.75, 3.05) is 4.43 Å². The average Bonchev–Trinajstić information content (AvgIpc) is 1.38. The van der Waals surface area contributed by atoms with Crippen LogP contribution < -0.4 is 0 Å². The van der Waals surface area contributed by atoms with E-state index in [0.717, 1.165) is 0 Å². The lowest BCUT2D eigenvalue weighted by molar-refractivity contribution is -0.133. The molecule has 0 amide bonds. The molecule has 0 saturated carbocycles.